The number of hydrogen-bond acceptors (Lipinski definition) is 2. The van der Waals surface area contributed by atoms with E-state index in [4.69, 9.17) is 28.9 Å². The first-order chi connectivity index (χ1) is 6.15. The van der Waals surface area contributed by atoms with Crippen LogP contribution >= 0.6 is 35.0 Å². The highest BCUT2D eigenvalue weighted by Gasteiger charge is 2.03. The van der Waals surface area contributed by atoms with Gasteiger partial charge in [0.2, 0.25) is 0 Å². The Bertz CT molecular complexity index is 324. The monoisotopic (exact) mass is 361 g/mol. The van der Waals surface area contributed by atoms with Crippen LogP contribution in [-0.4, -0.2) is 11.4 Å². The van der Waals surface area contributed by atoms with Crippen LogP contribution in [0.2, 0.25) is 10.0 Å². The van der Waals surface area contributed by atoms with Crippen molar-refractivity contribution in [2.75, 3.05) is 6.26 Å². The molecule has 0 atom stereocenters. The number of benzene rings is 1. The summed E-state index contributed by atoms with van der Waals surface area (Å²) in [5.74, 6) is 0. The molecule has 0 heterocycles. The van der Waals surface area contributed by atoms with Gasteiger partial charge in [-0.25, -0.2) is 4.99 Å². The van der Waals surface area contributed by atoms with E-state index in [9.17, 15) is 0 Å². The minimum Gasteiger partial charge on any atom is -1.00 e. The average Bonchev–Trinajstić information content (AvgIpc) is 2.11. The number of amidine groups is 1. The van der Waals surface area contributed by atoms with Gasteiger partial charge in [0.25, 0.3) is 0 Å². The summed E-state index contributed by atoms with van der Waals surface area (Å²) in [5.41, 5.74) is 6.06. The number of nitrogens with zero attached hydrogens (tertiary/aromatic N) is 1. The number of para-hydroxylation sites is 1. The molecule has 2 nitrogen and oxygen atoms in total. The molecule has 2 N–H and O–H groups in total. The second-order valence-electron chi connectivity index (χ2n) is 2.22. The SMILES string of the molecule is CSC(N)=Nc1c(Cl)cccc1Cl.[I-]. The third kappa shape index (κ3) is 3.84. The zero-order chi connectivity index (χ0) is 9.84. The molecule has 1 aromatic carbocycles. The van der Waals surface area contributed by atoms with E-state index in [1.165, 1.54) is 11.8 Å². The van der Waals surface area contributed by atoms with Crippen LogP contribution in [0.5, 0.6) is 0 Å². The van der Waals surface area contributed by atoms with E-state index in [-0.39, 0.29) is 24.0 Å². The zero-order valence-corrected chi connectivity index (χ0v) is 11.8. The van der Waals surface area contributed by atoms with E-state index in [1.807, 2.05) is 6.26 Å². The van der Waals surface area contributed by atoms with Gasteiger partial charge in [-0.2, -0.15) is 0 Å². The van der Waals surface area contributed by atoms with Crippen molar-refractivity contribution in [1.82, 2.24) is 0 Å². The second-order valence-corrected chi connectivity index (χ2v) is 3.87. The predicted octanol–water partition coefficient (Wildman–Crippen LogP) is 0.307. The van der Waals surface area contributed by atoms with Crippen LogP contribution in [0, 0.1) is 0 Å². The first-order valence-electron chi connectivity index (χ1n) is 3.47. The Morgan fingerprint density at radius 3 is 2.29 bits per heavy atom. The van der Waals surface area contributed by atoms with Gasteiger partial charge in [0, 0.05) is 0 Å². The molecule has 1 aromatic rings. The number of aliphatic imine (C=N–C) groups is 1. The lowest BCUT2D eigenvalue weighted by Crippen LogP contribution is -3.00. The Kier molecular flexibility index (Phi) is 6.93. The molecule has 0 spiro atoms. The summed E-state index contributed by atoms with van der Waals surface area (Å²) >= 11 is 13.1. The fourth-order valence-corrected chi connectivity index (χ4v) is 1.42. The quantitative estimate of drug-likeness (QED) is 0.444. The van der Waals surface area contributed by atoms with Crippen LogP contribution in [0.4, 0.5) is 5.69 Å². The number of nitrogens with two attached hydrogens (primary N) is 1. The molecule has 0 aromatic heterocycles. The highest BCUT2D eigenvalue weighted by Crippen LogP contribution is 2.32. The summed E-state index contributed by atoms with van der Waals surface area (Å²) in [4.78, 5) is 4.07. The normalized spacial score (nSPS) is 10.9. The van der Waals surface area contributed by atoms with Gasteiger partial charge in [-0.05, 0) is 18.4 Å². The predicted molar refractivity (Wildman–Crippen MR) is 61.3 cm³/mol. The van der Waals surface area contributed by atoms with Gasteiger partial charge < -0.3 is 29.7 Å². The molecular formula is C8H8Cl2IN2S-. The van der Waals surface area contributed by atoms with Crippen molar-refractivity contribution < 1.29 is 24.0 Å². The number of rotatable bonds is 1. The van der Waals surface area contributed by atoms with E-state index in [0.29, 0.717) is 20.9 Å². The fourth-order valence-electron chi connectivity index (χ4n) is 0.752. The average molecular weight is 362 g/mol. The van der Waals surface area contributed by atoms with Crippen LogP contribution in [0.15, 0.2) is 23.2 Å². The lowest BCUT2D eigenvalue weighted by molar-refractivity contribution is -0.00000257. The molecule has 0 unspecified atom stereocenters. The van der Waals surface area contributed by atoms with Gasteiger partial charge in [0.05, 0.1) is 10.0 Å². The molecule has 0 saturated heterocycles. The number of thioether (sulfide) groups is 1. The van der Waals surface area contributed by atoms with Crippen molar-refractivity contribution in [2.45, 2.75) is 0 Å². The van der Waals surface area contributed by atoms with E-state index in [0.717, 1.165) is 0 Å². The smallest absolute Gasteiger partial charge is 0.159 e. The minimum atomic E-state index is 0. The molecule has 0 aliphatic rings. The van der Waals surface area contributed by atoms with Crippen molar-refractivity contribution in [3.63, 3.8) is 0 Å². The summed E-state index contributed by atoms with van der Waals surface area (Å²) < 4.78 is 0. The fraction of sp³-hybridized carbons (Fsp3) is 0.125. The molecule has 0 saturated carbocycles. The highest BCUT2D eigenvalue weighted by molar-refractivity contribution is 8.13. The first kappa shape index (κ1) is 14.3. The Morgan fingerprint density at radius 1 is 1.36 bits per heavy atom. The Labute approximate surface area is 114 Å². The first-order valence-corrected chi connectivity index (χ1v) is 5.45. The minimum absolute atomic E-state index is 0. The summed E-state index contributed by atoms with van der Waals surface area (Å²) in [5, 5.41) is 1.45. The van der Waals surface area contributed by atoms with Gasteiger partial charge in [-0.3, -0.25) is 0 Å². The Morgan fingerprint density at radius 2 is 1.86 bits per heavy atom. The number of hydrogen-bond donors (Lipinski definition) is 1. The van der Waals surface area contributed by atoms with Gasteiger partial charge in [0.1, 0.15) is 5.69 Å². The topological polar surface area (TPSA) is 38.4 Å². The van der Waals surface area contributed by atoms with Crippen LogP contribution in [0.25, 0.3) is 0 Å². The molecule has 14 heavy (non-hydrogen) atoms. The molecule has 0 aliphatic carbocycles. The van der Waals surface area contributed by atoms with Gasteiger partial charge in [0.15, 0.2) is 5.17 Å². The molecule has 0 radical (unpaired) electrons. The van der Waals surface area contributed by atoms with E-state index in [2.05, 4.69) is 4.99 Å². The van der Waals surface area contributed by atoms with Crippen molar-refractivity contribution in [3.05, 3.63) is 28.2 Å². The van der Waals surface area contributed by atoms with Crippen LogP contribution in [0.3, 0.4) is 0 Å². The largest absolute Gasteiger partial charge is 1.00 e. The third-order valence-electron chi connectivity index (χ3n) is 1.37. The van der Waals surface area contributed by atoms with Crippen LogP contribution < -0.4 is 29.7 Å². The second kappa shape index (κ2) is 6.76. The lowest BCUT2D eigenvalue weighted by Gasteiger charge is -2.01. The molecule has 1 rings (SSSR count). The van der Waals surface area contributed by atoms with Gasteiger partial charge >= 0.3 is 0 Å². The standard InChI is InChI=1S/C8H8Cl2N2S.HI/c1-13-8(11)12-7-5(9)3-2-4-6(7)10;/h2-4H,1H3,(H2,11,12);1H/p-1. The van der Waals surface area contributed by atoms with E-state index in [1.54, 1.807) is 18.2 Å². The van der Waals surface area contributed by atoms with Crippen LogP contribution in [0.1, 0.15) is 0 Å². The molecule has 0 aliphatic heterocycles. The summed E-state index contributed by atoms with van der Waals surface area (Å²) in [6.45, 7) is 0. The summed E-state index contributed by atoms with van der Waals surface area (Å²) in [7, 11) is 0. The van der Waals surface area contributed by atoms with E-state index < -0.39 is 0 Å². The van der Waals surface area contributed by atoms with Crippen molar-refractivity contribution in [1.29, 1.82) is 0 Å². The zero-order valence-electron chi connectivity index (χ0n) is 7.30. The maximum Gasteiger partial charge on any atom is 0.159 e. The van der Waals surface area contributed by atoms with Gasteiger partial charge in [-0.15, -0.1) is 0 Å². The lowest BCUT2D eigenvalue weighted by atomic mass is 10.3. The maximum absolute atomic E-state index is 5.87. The Hall–Kier alpha value is 0.350. The van der Waals surface area contributed by atoms with Crippen molar-refractivity contribution in [2.24, 2.45) is 10.7 Å². The van der Waals surface area contributed by atoms with Gasteiger partial charge in [-0.1, -0.05) is 41.0 Å². The molecule has 0 amide bonds. The highest BCUT2D eigenvalue weighted by atomic mass is 127. The summed E-state index contributed by atoms with van der Waals surface area (Å²) in [6, 6.07) is 5.21. The Balaban J connectivity index is 0.00000169. The van der Waals surface area contributed by atoms with Crippen molar-refractivity contribution >= 4 is 45.8 Å². The summed E-state index contributed by atoms with van der Waals surface area (Å²) in [6.07, 6.45) is 1.84. The molecule has 6 heteroatoms. The molecule has 0 fully saturated rings. The maximum atomic E-state index is 5.87. The molecule has 78 valence electrons. The van der Waals surface area contributed by atoms with Crippen molar-refractivity contribution in [3.8, 4) is 0 Å². The third-order valence-corrected chi connectivity index (χ3v) is 2.49. The van der Waals surface area contributed by atoms with E-state index >= 15 is 0 Å². The molecule has 0 bridgehead atoms. The number of halogens is 3. The molecular weight excluding hydrogens is 354 g/mol. The van der Waals surface area contributed by atoms with Crippen LogP contribution in [-0.2, 0) is 0 Å².